The fraction of sp³-hybridized carbons (Fsp3) is 0.609. The van der Waals surface area contributed by atoms with Crippen LogP contribution in [-0.4, -0.2) is 67.7 Å². The van der Waals surface area contributed by atoms with Crippen molar-refractivity contribution in [1.82, 2.24) is 25.1 Å². The van der Waals surface area contributed by atoms with Crippen molar-refractivity contribution in [2.24, 2.45) is 11.7 Å². The lowest BCUT2D eigenvalue weighted by Gasteiger charge is -2.74. The molecule has 0 aliphatic carbocycles. The van der Waals surface area contributed by atoms with Gasteiger partial charge in [-0.2, -0.15) is 20.3 Å². The van der Waals surface area contributed by atoms with Gasteiger partial charge in [-0.05, 0) is 39.0 Å². The number of nitriles is 1. The molecule has 6 heterocycles. The maximum absolute atomic E-state index is 11.5. The number of piperidine rings is 2. The summed E-state index contributed by atoms with van der Waals surface area (Å²) in [5.41, 5.74) is 6.72. The van der Waals surface area contributed by atoms with Gasteiger partial charge in [-0.25, -0.2) is 0 Å². The van der Waals surface area contributed by atoms with Crippen molar-refractivity contribution in [3.8, 4) is 6.07 Å². The van der Waals surface area contributed by atoms with Gasteiger partial charge in [0.2, 0.25) is 11.9 Å². The molecule has 4 saturated heterocycles. The molecule has 11 nitrogen and oxygen atoms in total. The van der Waals surface area contributed by atoms with E-state index in [-0.39, 0.29) is 11.8 Å². The number of rotatable bonds is 8. The van der Waals surface area contributed by atoms with Gasteiger partial charge >= 0.3 is 0 Å². The number of hydrogen-bond acceptors (Lipinski definition) is 9. The predicted octanol–water partition coefficient (Wildman–Crippen LogP) is 1.64. The highest BCUT2D eigenvalue weighted by Gasteiger charge is 2.64. The van der Waals surface area contributed by atoms with Crippen molar-refractivity contribution in [2.45, 2.75) is 69.1 Å². The summed E-state index contributed by atoms with van der Waals surface area (Å²) in [5, 5.41) is 23.0. The van der Waals surface area contributed by atoms with Crippen LogP contribution in [0.5, 0.6) is 0 Å². The molecule has 0 spiro atoms. The first-order chi connectivity index (χ1) is 16.4. The topological polar surface area (TPSA) is 152 Å². The van der Waals surface area contributed by atoms with Crippen molar-refractivity contribution in [3.05, 3.63) is 17.8 Å². The van der Waals surface area contributed by atoms with E-state index < -0.39 is 0 Å². The lowest BCUT2D eigenvalue weighted by molar-refractivity contribution is -0.222. The fourth-order valence-corrected chi connectivity index (χ4v) is 6.47. The van der Waals surface area contributed by atoms with Crippen molar-refractivity contribution in [1.29, 1.82) is 5.26 Å². The van der Waals surface area contributed by atoms with Crippen molar-refractivity contribution in [3.63, 3.8) is 0 Å². The quantitative estimate of drug-likeness (QED) is 0.459. The second-order valence-electron chi connectivity index (χ2n) is 10.3. The van der Waals surface area contributed by atoms with Crippen molar-refractivity contribution >= 4 is 29.3 Å². The predicted molar refractivity (Wildman–Crippen MR) is 126 cm³/mol. The fourth-order valence-electron chi connectivity index (χ4n) is 6.47. The molecular formula is C23H30N10O. The summed E-state index contributed by atoms with van der Waals surface area (Å²) in [6, 6.07) is 7.60. The highest BCUT2D eigenvalue weighted by molar-refractivity contribution is 5.80. The van der Waals surface area contributed by atoms with Gasteiger partial charge < -0.3 is 21.3 Å². The van der Waals surface area contributed by atoms with Crippen LogP contribution in [0.3, 0.4) is 0 Å². The summed E-state index contributed by atoms with van der Waals surface area (Å²) in [5.74, 6) is 2.29. The monoisotopic (exact) mass is 462 g/mol. The van der Waals surface area contributed by atoms with E-state index in [0.717, 1.165) is 30.8 Å². The molecule has 2 aromatic rings. The number of primary amides is 1. The zero-order valence-electron chi connectivity index (χ0n) is 19.3. The molecule has 34 heavy (non-hydrogen) atoms. The number of carbonyl (C=O) groups excluding carboxylic acids is 1. The minimum absolute atomic E-state index is 0.139. The van der Waals surface area contributed by atoms with Crippen LogP contribution < -0.4 is 21.3 Å². The molecule has 178 valence electrons. The number of aryl methyl sites for hydroxylation is 1. The summed E-state index contributed by atoms with van der Waals surface area (Å²) >= 11 is 0. The molecule has 0 radical (unpaired) electrons. The Morgan fingerprint density at radius 2 is 2.03 bits per heavy atom. The number of nitrogens with two attached hydrogens (primary N) is 1. The normalized spacial score (nSPS) is 29.8. The largest absolute Gasteiger partial charge is 0.369 e. The molecule has 4 fully saturated rings. The molecule has 4 aliphatic heterocycles. The second kappa shape index (κ2) is 7.84. The number of H-pyrrole nitrogens is 1. The lowest BCUT2D eigenvalue weighted by atomic mass is 9.57. The minimum Gasteiger partial charge on any atom is -0.369 e. The minimum atomic E-state index is -0.271. The summed E-state index contributed by atoms with van der Waals surface area (Å²) in [6.07, 6.45) is 6.16. The van der Waals surface area contributed by atoms with Gasteiger partial charge in [0, 0.05) is 61.0 Å². The third-order valence-electron chi connectivity index (χ3n) is 8.00. The number of amides is 1. The lowest BCUT2D eigenvalue weighted by Crippen LogP contribution is -2.81. The Balaban J connectivity index is 1.17. The average molecular weight is 463 g/mol. The SMILES string of the molecule is Cc1cc(Nc2cc(N3CC(C(N)=O)C3)nc(NC3CC4CC5(CCC#N)CC(C3)N45)n2)n[nH]1. The van der Waals surface area contributed by atoms with Gasteiger partial charge in [0.15, 0.2) is 5.82 Å². The first-order valence-corrected chi connectivity index (χ1v) is 12.1. The molecule has 2 unspecified atom stereocenters. The zero-order chi connectivity index (χ0) is 23.4. The summed E-state index contributed by atoms with van der Waals surface area (Å²) < 4.78 is 0. The smallest absolute Gasteiger partial charge is 0.226 e. The third kappa shape index (κ3) is 3.53. The Hall–Kier alpha value is -3.39. The Bertz CT molecular complexity index is 1130. The number of nitrogens with zero attached hydrogens (tertiary/aromatic N) is 6. The van der Waals surface area contributed by atoms with Crippen LogP contribution in [0.4, 0.5) is 23.4 Å². The van der Waals surface area contributed by atoms with E-state index >= 15 is 0 Å². The van der Waals surface area contributed by atoms with Crippen molar-refractivity contribution < 1.29 is 4.79 Å². The van der Waals surface area contributed by atoms with E-state index in [9.17, 15) is 4.79 Å². The molecule has 5 N–H and O–H groups in total. The first-order valence-electron chi connectivity index (χ1n) is 12.1. The summed E-state index contributed by atoms with van der Waals surface area (Å²) in [4.78, 5) is 25.7. The maximum Gasteiger partial charge on any atom is 0.226 e. The molecule has 2 aromatic heterocycles. The van der Waals surface area contributed by atoms with Crippen LogP contribution in [0.2, 0.25) is 0 Å². The first kappa shape index (κ1) is 21.2. The number of aromatic amines is 1. The van der Waals surface area contributed by atoms with Gasteiger partial charge in [0.25, 0.3) is 0 Å². The Morgan fingerprint density at radius 1 is 1.26 bits per heavy atom. The van der Waals surface area contributed by atoms with Crippen LogP contribution >= 0.6 is 0 Å². The van der Waals surface area contributed by atoms with Gasteiger partial charge in [0.1, 0.15) is 11.6 Å². The number of carbonyl (C=O) groups is 1. The van der Waals surface area contributed by atoms with Crippen LogP contribution in [0, 0.1) is 24.2 Å². The number of hydrogen-bond donors (Lipinski definition) is 4. The molecule has 1 amide bonds. The maximum atomic E-state index is 11.5. The van der Waals surface area contributed by atoms with Crippen LogP contribution in [0.25, 0.3) is 0 Å². The van der Waals surface area contributed by atoms with E-state index in [2.05, 4.69) is 31.8 Å². The Morgan fingerprint density at radius 3 is 2.68 bits per heavy atom. The number of aromatic nitrogens is 4. The van der Waals surface area contributed by atoms with Gasteiger partial charge in [-0.3, -0.25) is 14.8 Å². The number of anilines is 4. The highest BCUT2D eigenvalue weighted by Crippen LogP contribution is 2.58. The van der Waals surface area contributed by atoms with Crippen molar-refractivity contribution in [2.75, 3.05) is 28.6 Å². The van der Waals surface area contributed by atoms with E-state index in [0.29, 0.717) is 60.8 Å². The zero-order valence-corrected chi connectivity index (χ0v) is 19.3. The Kier molecular flexibility index (Phi) is 4.88. The summed E-state index contributed by atoms with van der Waals surface area (Å²) in [6.45, 7) is 3.09. The standard InChI is InChI=1S/C23H30N10O/c1-13-5-19(31-30-13)27-18-8-20(32-11-14(12-32)21(25)34)29-22(28-18)26-15-6-16-9-23(3-2-4-24)10-17(7-15)33(16)23/h5,8,14-17H,2-3,6-7,9-12H2,1H3,(H2,25,34)(H3,26,27,28,29,30,31). The van der Waals surface area contributed by atoms with Gasteiger partial charge in [-0.15, -0.1) is 0 Å². The second-order valence-corrected chi connectivity index (χ2v) is 10.3. The van der Waals surface area contributed by atoms with Crippen LogP contribution in [-0.2, 0) is 4.79 Å². The van der Waals surface area contributed by atoms with Crippen LogP contribution in [0.15, 0.2) is 12.1 Å². The average Bonchev–Trinajstić information content (AvgIpc) is 3.12. The van der Waals surface area contributed by atoms with E-state index in [4.69, 9.17) is 21.0 Å². The molecule has 11 heteroatoms. The highest BCUT2D eigenvalue weighted by atomic mass is 16.1. The Labute approximate surface area is 198 Å². The number of nitrogens with one attached hydrogen (secondary N) is 3. The van der Waals surface area contributed by atoms with E-state index in [1.807, 2.05) is 24.0 Å². The molecule has 0 aromatic carbocycles. The molecule has 4 aliphatic rings. The molecule has 2 atom stereocenters. The summed E-state index contributed by atoms with van der Waals surface area (Å²) in [7, 11) is 0. The third-order valence-corrected chi connectivity index (χ3v) is 8.00. The van der Waals surface area contributed by atoms with Gasteiger partial charge in [0.05, 0.1) is 12.0 Å². The molecule has 0 bridgehead atoms. The van der Waals surface area contributed by atoms with E-state index in [1.165, 1.54) is 12.8 Å². The van der Waals surface area contributed by atoms with Gasteiger partial charge in [-0.1, -0.05) is 0 Å². The van der Waals surface area contributed by atoms with Crippen LogP contribution in [0.1, 0.15) is 44.2 Å². The molecule has 0 saturated carbocycles. The molecule has 6 rings (SSSR count). The van der Waals surface area contributed by atoms with E-state index in [1.54, 1.807) is 0 Å². The molecular weight excluding hydrogens is 432 g/mol.